The first-order chi connectivity index (χ1) is 10.7. The molecule has 1 heterocycles. The molecule has 1 saturated carbocycles. The highest BCUT2D eigenvalue weighted by atomic mass is 16.5. The standard InChI is InChI=1S/C17H22N2O3/c1-22-14-4-5-15-13(10-14)6-9-19(15)11-16(21)18-17(12-20)7-2-3-8-17/h4-6,9-10,20H,2-3,7-8,11-12H2,1H3,(H,18,21). The van der Waals surface area contributed by atoms with E-state index in [0.717, 1.165) is 42.3 Å². The molecule has 3 rings (SSSR count). The molecular weight excluding hydrogens is 280 g/mol. The number of hydrogen-bond acceptors (Lipinski definition) is 3. The van der Waals surface area contributed by atoms with E-state index in [0.29, 0.717) is 0 Å². The molecule has 1 aromatic heterocycles. The number of nitrogens with zero attached hydrogens (tertiary/aromatic N) is 1. The van der Waals surface area contributed by atoms with Crippen molar-refractivity contribution >= 4 is 16.8 Å². The normalized spacial score (nSPS) is 16.8. The molecule has 2 aromatic rings. The monoisotopic (exact) mass is 302 g/mol. The maximum Gasteiger partial charge on any atom is 0.240 e. The fraction of sp³-hybridized carbons (Fsp3) is 0.471. The van der Waals surface area contributed by atoms with Crippen LogP contribution >= 0.6 is 0 Å². The van der Waals surface area contributed by atoms with Crippen LogP contribution in [0.4, 0.5) is 0 Å². The van der Waals surface area contributed by atoms with E-state index in [9.17, 15) is 9.90 Å². The van der Waals surface area contributed by atoms with Gasteiger partial charge in [0.15, 0.2) is 0 Å². The van der Waals surface area contributed by atoms with E-state index >= 15 is 0 Å². The summed E-state index contributed by atoms with van der Waals surface area (Å²) in [5, 5.41) is 13.7. The molecule has 22 heavy (non-hydrogen) atoms. The number of hydrogen-bond donors (Lipinski definition) is 2. The first-order valence-electron chi connectivity index (χ1n) is 7.71. The Morgan fingerprint density at radius 3 is 2.82 bits per heavy atom. The Morgan fingerprint density at radius 1 is 1.36 bits per heavy atom. The summed E-state index contributed by atoms with van der Waals surface area (Å²) in [5.41, 5.74) is 0.587. The third-order valence-electron chi connectivity index (χ3n) is 4.56. The van der Waals surface area contributed by atoms with Gasteiger partial charge in [0, 0.05) is 17.1 Å². The van der Waals surface area contributed by atoms with Gasteiger partial charge in [0.25, 0.3) is 0 Å². The molecule has 1 fully saturated rings. The van der Waals surface area contributed by atoms with Crippen LogP contribution in [0.3, 0.4) is 0 Å². The van der Waals surface area contributed by atoms with E-state index in [4.69, 9.17) is 4.74 Å². The quantitative estimate of drug-likeness (QED) is 0.889. The molecule has 0 saturated heterocycles. The Bertz CT molecular complexity index is 672. The molecule has 0 unspecified atom stereocenters. The average Bonchev–Trinajstić information content (AvgIpc) is 3.15. The van der Waals surface area contributed by atoms with Gasteiger partial charge in [-0.05, 0) is 37.1 Å². The van der Waals surface area contributed by atoms with Gasteiger partial charge in [0.1, 0.15) is 12.3 Å². The van der Waals surface area contributed by atoms with E-state index in [2.05, 4.69) is 5.32 Å². The maximum absolute atomic E-state index is 12.3. The topological polar surface area (TPSA) is 63.5 Å². The van der Waals surface area contributed by atoms with Gasteiger partial charge in [-0.25, -0.2) is 0 Å². The lowest BCUT2D eigenvalue weighted by Gasteiger charge is -2.28. The number of carbonyl (C=O) groups excluding carboxylic acids is 1. The fourth-order valence-corrected chi connectivity index (χ4v) is 3.31. The van der Waals surface area contributed by atoms with E-state index in [1.54, 1.807) is 7.11 Å². The number of aliphatic hydroxyl groups is 1. The summed E-state index contributed by atoms with van der Waals surface area (Å²) in [4.78, 5) is 12.3. The number of amides is 1. The number of fused-ring (bicyclic) bond motifs is 1. The second-order valence-corrected chi connectivity index (χ2v) is 6.06. The minimum absolute atomic E-state index is 0.0162. The highest BCUT2D eigenvalue weighted by Crippen LogP contribution is 2.29. The summed E-state index contributed by atoms with van der Waals surface area (Å²) in [7, 11) is 1.64. The van der Waals surface area contributed by atoms with Crippen LogP contribution in [-0.2, 0) is 11.3 Å². The Hall–Kier alpha value is -2.01. The number of carbonyl (C=O) groups is 1. The third kappa shape index (κ3) is 2.81. The first-order valence-corrected chi connectivity index (χ1v) is 7.71. The van der Waals surface area contributed by atoms with E-state index in [1.807, 2.05) is 35.0 Å². The summed E-state index contributed by atoms with van der Waals surface area (Å²) in [6.07, 6.45) is 5.75. The lowest BCUT2D eigenvalue weighted by atomic mass is 9.99. The van der Waals surface area contributed by atoms with Crippen LogP contribution in [-0.4, -0.2) is 34.8 Å². The molecule has 0 aliphatic heterocycles. The lowest BCUT2D eigenvalue weighted by molar-refractivity contribution is -0.124. The molecule has 0 spiro atoms. The van der Waals surface area contributed by atoms with Gasteiger partial charge in [-0.2, -0.15) is 0 Å². The van der Waals surface area contributed by atoms with E-state index in [1.165, 1.54) is 0 Å². The molecule has 1 aliphatic rings. The summed E-state index contributed by atoms with van der Waals surface area (Å²) >= 11 is 0. The largest absolute Gasteiger partial charge is 0.497 e. The van der Waals surface area contributed by atoms with Crippen LogP contribution in [0, 0.1) is 0 Å². The predicted octanol–water partition coefficient (Wildman–Crippen LogP) is 2.07. The van der Waals surface area contributed by atoms with Crippen molar-refractivity contribution in [3.05, 3.63) is 30.5 Å². The molecular formula is C17H22N2O3. The second-order valence-electron chi connectivity index (χ2n) is 6.06. The van der Waals surface area contributed by atoms with E-state index in [-0.39, 0.29) is 19.1 Å². The number of benzene rings is 1. The Morgan fingerprint density at radius 2 is 2.14 bits per heavy atom. The number of nitrogens with one attached hydrogen (secondary N) is 1. The number of rotatable bonds is 5. The van der Waals surface area contributed by atoms with Crippen molar-refractivity contribution in [1.82, 2.24) is 9.88 Å². The van der Waals surface area contributed by atoms with Crippen LogP contribution in [0.1, 0.15) is 25.7 Å². The predicted molar refractivity (Wildman–Crippen MR) is 84.9 cm³/mol. The minimum atomic E-state index is -0.413. The average molecular weight is 302 g/mol. The van der Waals surface area contributed by atoms with Crippen molar-refractivity contribution in [3.63, 3.8) is 0 Å². The molecule has 5 nitrogen and oxygen atoms in total. The van der Waals surface area contributed by atoms with Crippen LogP contribution in [0.15, 0.2) is 30.5 Å². The Labute approximate surface area is 129 Å². The summed E-state index contributed by atoms with van der Waals surface area (Å²) < 4.78 is 7.13. The molecule has 5 heteroatoms. The van der Waals surface area contributed by atoms with Gasteiger partial charge in [-0.15, -0.1) is 0 Å². The zero-order chi connectivity index (χ0) is 15.6. The van der Waals surface area contributed by atoms with Crippen LogP contribution in [0.5, 0.6) is 5.75 Å². The highest BCUT2D eigenvalue weighted by Gasteiger charge is 2.34. The number of aromatic nitrogens is 1. The highest BCUT2D eigenvalue weighted by molar-refractivity contribution is 5.84. The number of aliphatic hydroxyl groups excluding tert-OH is 1. The number of ether oxygens (including phenoxy) is 1. The van der Waals surface area contributed by atoms with Crippen molar-refractivity contribution in [3.8, 4) is 5.75 Å². The zero-order valence-corrected chi connectivity index (χ0v) is 12.8. The summed E-state index contributed by atoms with van der Waals surface area (Å²) in [6.45, 7) is 0.278. The summed E-state index contributed by atoms with van der Waals surface area (Å²) in [6, 6.07) is 7.78. The molecule has 2 N–H and O–H groups in total. The molecule has 0 bridgehead atoms. The van der Waals surface area contributed by atoms with Crippen molar-refractivity contribution in [2.75, 3.05) is 13.7 Å². The Balaban J connectivity index is 1.74. The third-order valence-corrected chi connectivity index (χ3v) is 4.56. The SMILES string of the molecule is COc1ccc2c(ccn2CC(=O)NC2(CO)CCCC2)c1. The zero-order valence-electron chi connectivity index (χ0n) is 12.8. The van der Waals surface area contributed by atoms with Crippen molar-refractivity contribution in [1.29, 1.82) is 0 Å². The van der Waals surface area contributed by atoms with Gasteiger partial charge in [-0.3, -0.25) is 4.79 Å². The maximum atomic E-state index is 12.3. The number of methoxy groups -OCH3 is 1. The molecule has 1 aromatic carbocycles. The van der Waals surface area contributed by atoms with Gasteiger partial charge in [0.2, 0.25) is 5.91 Å². The van der Waals surface area contributed by atoms with Gasteiger partial charge < -0.3 is 19.7 Å². The van der Waals surface area contributed by atoms with Crippen molar-refractivity contribution < 1.29 is 14.6 Å². The van der Waals surface area contributed by atoms with E-state index < -0.39 is 5.54 Å². The minimum Gasteiger partial charge on any atom is -0.497 e. The van der Waals surface area contributed by atoms with Crippen molar-refractivity contribution in [2.45, 2.75) is 37.8 Å². The smallest absolute Gasteiger partial charge is 0.240 e. The molecule has 1 aliphatic carbocycles. The summed E-state index contributed by atoms with van der Waals surface area (Å²) in [5.74, 6) is 0.754. The second kappa shape index (κ2) is 6.01. The molecule has 118 valence electrons. The molecule has 0 atom stereocenters. The Kier molecular flexibility index (Phi) is 4.07. The molecule has 0 radical (unpaired) electrons. The van der Waals surface area contributed by atoms with Crippen LogP contribution < -0.4 is 10.1 Å². The van der Waals surface area contributed by atoms with Gasteiger partial charge in [0.05, 0.1) is 19.3 Å². The van der Waals surface area contributed by atoms with Crippen LogP contribution in [0.25, 0.3) is 10.9 Å². The fourth-order valence-electron chi connectivity index (χ4n) is 3.31. The first kappa shape index (κ1) is 14.9. The van der Waals surface area contributed by atoms with Gasteiger partial charge >= 0.3 is 0 Å². The van der Waals surface area contributed by atoms with Crippen molar-refractivity contribution in [2.24, 2.45) is 0 Å². The van der Waals surface area contributed by atoms with Crippen LogP contribution in [0.2, 0.25) is 0 Å². The molecule has 1 amide bonds. The lowest BCUT2D eigenvalue weighted by Crippen LogP contribution is -2.50. The van der Waals surface area contributed by atoms with Gasteiger partial charge in [-0.1, -0.05) is 12.8 Å².